The molecule has 1 aromatic carbocycles. The summed E-state index contributed by atoms with van der Waals surface area (Å²) < 4.78 is 26.3. The largest absolute Gasteiger partial charge is 0.331 e. The maximum Gasteiger partial charge on any atom is 0.254 e. The number of aromatic nitrogens is 1. The van der Waals surface area contributed by atoms with Crippen molar-refractivity contribution in [2.45, 2.75) is 25.4 Å². The van der Waals surface area contributed by atoms with Crippen molar-refractivity contribution in [1.82, 2.24) is 9.88 Å². The van der Waals surface area contributed by atoms with E-state index >= 15 is 0 Å². The first kappa shape index (κ1) is 13.7. The number of benzene rings is 1. The Hall–Kier alpha value is -2.30. The van der Waals surface area contributed by atoms with Gasteiger partial charge in [-0.15, -0.1) is 0 Å². The average Bonchev–Trinajstić information content (AvgIpc) is 3.33. The van der Waals surface area contributed by atoms with Gasteiger partial charge in [0, 0.05) is 30.5 Å². The Balaban J connectivity index is 1.83. The molecule has 0 bridgehead atoms. The van der Waals surface area contributed by atoms with Crippen molar-refractivity contribution in [3.8, 4) is 0 Å². The van der Waals surface area contributed by atoms with Crippen LogP contribution in [0.3, 0.4) is 0 Å². The molecule has 0 aliphatic heterocycles. The second-order valence-corrected chi connectivity index (χ2v) is 5.15. The predicted molar refractivity (Wildman–Crippen MR) is 73.5 cm³/mol. The molecule has 0 saturated heterocycles. The minimum absolute atomic E-state index is 0.171. The van der Waals surface area contributed by atoms with Crippen LogP contribution in [0, 0.1) is 11.6 Å². The number of carbonyl (C=O) groups is 1. The molecule has 1 aliphatic carbocycles. The number of hydrogen-bond acceptors (Lipinski definition) is 2. The van der Waals surface area contributed by atoms with E-state index in [0.717, 1.165) is 30.5 Å². The summed E-state index contributed by atoms with van der Waals surface area (Å²) in [5, 5.41) is 0. The van der Waals surface area contributed by atoms with Crippen LogP contribution in [0.1, 0.15) is 28.8 Å². The first-order chi connectivity index (χ1) is 10.1. The Bertz CT molecular complexity index is 657. The number of pyridine rings is 1. The van der Waals surface area contributed by atoms with E-state index in [4.69, 9.17) is 0 Å². The molecule has 0 radical (unpaired) electrons. The van der Waals surface area contributed by atoms with Crippen LogP contribution < -0.4 is 0 Å². The molecule has 5 heteroatoms. The lowest BCUT2D eigenvalue weighted by Gasteiger charge is -2.22. The van der Waals surface area contributed by atoms with Crippen LogP contribution in [0.25, 0.3) is 0 Å². The second kappa shape index (κ2) is 5.60. The van der Waals surface area contributed by atoms with Gasteiger partial charge in [0.05, 0.1) is 0 Å². The van der Waals surface area contributed by atoms with Crippen molar-refractivity contribution >= 4 is 5.91 Å². The third-order valence-corrected chi connectivity index (χ3v) is 3.49. The van der Waals surface area contributed by atoms with Crippen LogP contribution >= 0.6 is 0 Å². The fraction of sp³-hybridized carbons (Fsp3) is 0.250. The van der Waals surface area contributed by atoms with Gasteiger partial charge in [0.25, 0.3) is 5.91 Å². The lowest BCUT2D eigenvalue weighted by atomic mass is 10.1. The zero-order valence-corrected chi connectivity index (χ0v) is 11.3. The fourth-order valence-electron chi connectivity index (χ4n) is 2.24. The van der Waals surface area contributed by atoms with Crippen molar-refractivity contribution in [3.63, 3.8) is 0 Å². The lowest BCUT2D eigenvalue weighted by Crippen LogP contribution is -2.32. The van der Waals surface area contributed by atoms with Crippen LogP contribution in [-0.4, -0.2) is 21.8 Å². The van der Waals surface area contributed by atoms with Crippen molar-refractivity contribution in [3.05, 3.63) is 65.5 Å². The highest BCUT2D eigenvalue weighted by Gasteiger charge is 2.33. The van der Waals surface area contributed by atoms with Gasteiger partial charge >= 0.3 is 0 Å². The summed E-state index contributed by atoms with van der Waals surface area (Å²) in [7, 11) is 0. The minimum Gasteiger partial charge on any atom is -0.331 e. The second-order valence-electron chi connectivity index (χ2n) is 5.15. The van der Waals surface area contributed by atoms with Gasteiger partial charge in [-0.1, -0.05) is 6.07 Å². The number of carbonyl (C=O) groups excluding carboxylic acids is 1. The summed E-state index contributed by atoms with van der Waals surface area (Å²) >= 11 is 0. The standard InChI is InChI=1S/C16H14F2N2O/c17-14-6-3-12(8-15(14)18)16(21)20(13-4-5-13)10-11-2-1-7-19-9-11/h1-3,6-9,13H,4-5,10H2. The number of nitrogens with zero attached hydrogens (tertiary/aromatic N) is 2. The predicted octanol–water partition coefficient (Wildman–Crippen LogP) is 3.16. The molecule has 1 saturated carbocycles. The molecule has 3 rings (SSSR count). The number of rotatable bonds is 4. The highest BCUT2D eigenvalue weighted by atomic mass is 19.2. The molecule has 21 heavy (non-hydrogen) atoms. The SMILES string of the molecule is O=C(c1ccc(F)c(F)c1)N(Cc1cccnc1)C1CC1. The van der Waals surface area contributed by atoms with Crippen LogP contribution in [-0.2, 0) is 6.54 Å². The van der Waals surface area contributed by atoms with Crippen molar-refractivity contribution in [2.24, 2.45) is 0 Å². The van der Waals surface area contributed by atoms with E-state index < -0.39 is 11.6 Å². The first-order valence-corrected chi connectivity index (χ1v) is 6.80. The molecular weight excluding hydrogens is 274 g/mol. The summed E-state index contributed by atoms with van der Waals surface area (Å²) in [5.74, 6) is -2.23. The van der Waals surface area contributed by atoms with Crippen molar-refractivity contribution < 1.29 is 13.6 Å². The zero-order chi connectivity index (χ0) is 14.8. The van der Waals surface area contributed by atoms with E-state index in [1.807, 2.05) is 12.1 Å². The van der Waals surface area contributed by atoms with E-state index in [1.54, 1.807) is 17.3 Å². The van der Waals surface area contributed by atoms with Gasteiger partial charge in [-0.2, -0.15) is 0 Å². The van der Waals surface area contributed by atoms with Gasteiger partial charge in [0.1, 0.15) is 0 Å². The Kier molecular flexibility index (Phi) is 3.64. The number of halogens is 2. The van der Waals surface area contributed by atoms with Crippen LogP contribution in [0.5, 0.6) is 0 Å². The van der Waals surface area contributed by atoms with Gasteiger partial charge in [0.15, 0.2) is 11.6 Å². The van der Waals surface area contributed by atoms with Crippen LogP contribution in [0.4, 0.5) is 8.78 Å². The summed E-state index contributed by atoms with van der Waals surface area (Å²) in [5.41, 5.74) is 1.09. The maximum atomic E-state index is 13.3. The molecule has 0 unspecified atom stereocenters. The van der Waals surface area contributed by atoms with Gasteiger partial charge in [0.2, 0.25) is 0 Å². The average molecular weight is 288 g/mol. The zero-order valence-electron chi connectivity index (χ0n) is 11.3. The van der Waals surface area contributed by atoms with E-state index in [1.165, 1.54) is 6.07 Å². The fourth-order valence-corrected chi connectivity index (χ4v) is 2.24. The van der Waals surface area contributed by atoms with Crippen molar-refractivity contribution in [2.75, 3.05) is 0 Å². The smallest absolute Gasteiger partial charge is 0.254 e. The Morgan fingerprint density at radius 2 is 2.05 bits per heavy atom. The third-order valence-electron chi connectivity index (χ3n) is 3.49. The van der Waals surface area contributed by atoms with E-state index in [2.05, 4.69) is 4.98 Å². The van der Waals surface area contributed by atoms with Crippen molar-refractivity contribution in [1.29, 1.82) is 0 Å². The molecule has 1 aromatic heterocycles. The van der Waals surface area contributed by atoms with E-state index in [-0.39, 0.29) is 17.5 Å². The van der Waals surface area contributed by atoms with Crippen LogP contribution in [0.15, 0.2) is 42.7 Å². The third kappa shape index (κ3) is 3.07. The number of amides is 1. The molecule has 1 aliphatic rings. The Labute approximate surface area is 121 Å². The molecule has 0 N–H and O–H groups in total. The lowest BCUT2D eigenvalue weighted by molar-refractivity contribution is 0.0729. The summed E-state index contributed by atoms with van der Waals surface area (Å²) in [6.07, 6.45) is 5.25. The van der Waals surface area contributed by atoms with Gasteiger partial charge in [-0.3, -0.25) is 9.78 Å². The molecule has 0 atom stereocenters. The van der Waals surface area contributed by atoms with Gasteiger partial charge < -0.3 is 4.90 Å². The molecule has 1 fully saturated rings. The summed E-state index contributed by atoms with van der Waals surface area (Å²) in [6, 6.07) is 7.13. The Morgan fingerprint density at radius 1 is 1.24 bits per heavy atom. The quantitative estimate of drug-likeness (QED) is 0.865. The normalized spacial score (nSPS) is 14.0. The number of hydrogen-bond donors (Lipinski definition) is 0. The topological polar surface area (TPSA) is 33.2 Å². The van der Waals surface area contributed by atoms with Crippen LogP contribution in [0.2, 0.25) is 0 Å². The van der Waals surface area contributed by atoms with Gasteiger partial charge in [-0.05, 0) is 42.7 Å². The molecule has 2 aromatic rings. The molecule has 1 amide bonds. The Morgan fingerprint density at radius 3 is 2.67 bits per heavy atom. The molecule has 3 nitrogen and oxygen atoms in total. The maximum absolute atomic E-state index is 13.3. The first-order valence-electron chi connectivity index (χ1n) is 6.80. The van der Waals surface area contributed by atoms with E-state index in [9.17, 15) is 13.6 Å². The monoisotopic (exact) mass is 288 g/mol. The summed E-state index contributed by atoms with van der Waals surface area (Å²) in [6.45, 7) is 0.427. The van der Waals surface area contributed by atoms with E-state index in [0.29, 0.717) is 6.54 Å². The summed E-state index contributed by atoms with van der Waals surface area (Å²) in [4.78, 5) is 18.2. The molecule has 0 spiro atoms. The molecular formula is C16H14F2N2O. The molecule has 108 valence electrons. The highest BCUT2D eigenvalue weighted by Crippen LogP contribution is 2.30. The minimum atomic E-state index is -1.00. The molecule has 1 heterocycles. The van der Waals surface area contributed by atoms with Gasteiger partial charge in [-0.25, -0.2) is 8.78 Å². The highest BCUT2D eigenvalue weighted by molar-refractivity contribution is 5.94.